The first-order chi connectivity index (χ1) is 15.9. The van der Waals surface area contributed by atoms with Crippen molar-refractivity contribution in [2.24, 2.45) is 5.92 Å². The first-order valence-electron chi connectivity index (χ1n) is 11.0. The van der Waals surface area contributed by atoms with Gasteiger partial charge in [0.15, 0.2) is 0 Å². The fraction of sp³-hybridized carbons (Fsp3) is 0.320. The summed E-state index contributed by atoms with van der Waals surface area (Å²) in [5.41, 5.74) is 2.81. The first-order valence-corrected chi connectivity index (χ1v) is 11.0. The van der Waals surface area contributed by atoms with Crippen LogP contribution < -0.4 is 10.1 Å². The molecule has 1 atom stereocenters. The van der Waals surface area contributed by atoms with Crippen LogP contribution in [-0.2, 0) is 0 Å². The minimum Gasteiger partial charge on any atom is -0.494 e. The number of aromatic nitrogens is 2. The van der Waals surface area contributed by atoms with E-state index in [2.05, 4.69) is 15.5 Å². The molecule has 0 fully saturated rings. The number of halogens is 1. The summed E-state index contributed by atoms with van der Waals surface area (Å²) < 4.78 is 24.9. The Balaban J connectivity index is 1.78. The van der Waals surface area contributed by atoms with Crippen molar-refractivity contribution in [2.75, 3.05) is 13.2 Å². The van der Waals surface area contributed by atoms with Crippen LogP contribution in [0.25, 0.3) is 17.0 Å². The molecule has 0 radical (unpaired) electrons. The quantitative estimate of drug-likeness (QED) is 0.519. The molecule has 8 heteroatoms. The fourth-order valence-electron chi connectivity index (χ4n) is 3.89. The minimum atomic E-state index is -0.489. The highest BCUT2D eigenvalue weighted by Gasteiger charge is 2.36. The Labute approximate surface area is 192 Å². The van der Waals surface area contributed by atoms with Crippen molar-refractivity contribution in [3.05, 3.63) is 71.5 Å². The van der Waals surface area contributed by atoms with Gasteiger partial charge in [0.25, 0.3) is 5.89 Å². The van der Waals surface area contributed by atoms with Crippen molar-refractivity contribution < 1.29 is 18.4 Å². The maximum Gasteiger partial charge on any atom is 0.322 e. The van der Waals surface area contributed by atoms with Gasteiger partial charge in [-0.05, 0) is 49.6 Å². The molecule has 0 saturated carbocycles. The number of carbonyl (C=O) groups excluding carboxylic acids is 1. The van der Waals surface area contributed by atoms with Crippen molar-refractivity contribution in [1.29, 1.82) is 0 Å². The van der Waals surface area contributed by atoms with Crippen LogP contribution >= 0.6 is 0 Å². The van der Waals surface area contributed by atoms with Gasteiger partial charge in [-0.25, -0.2) is 9.18 Å². The largest absolute Gasteiger partial charge is 0.494 e. The molecule has 33 heavy (non-hydrogen) atoms. The van der Waals surface area contributed by atoms with Gasteiger partial charge in [0.1, 0.15) is 11.6 Å². The van der Waals surface area contributed by atoms with E-state index in [0.717, 1.165) is 17.0 Å². The third-order valence-electron chi connectivity index (χ3n) is 5.41. The topological polar surface area (TPSA) is 80.5 Å². The Kier molecular flexibility index (Phi) is 6.44. The number of hydrogen-bond donors (Lipinski definition) is 1. The summed E-state index contributed by atoms with van der Waals surface area (Å²) >= 11 is 0. The molecule has 2 aromatic carbocycles. The molecule has 1 aromatic heterocycles. The molecule has 1 N–H and O–H groups in total. The Morgan fingerprint density at radius 2 is 1.97 bits per heavy atom. The summed E-state index contributed by atoms with van der Waals surface area (Å²) in [6.07, 6.45) is 0. The maximum atomic E-state index is 13.7. The second-order valence-electron chi connectivity index (χ2n) is 8.32. The zero-order valence-corrected chi connectivity index (χ0v) is 19.1. The first kappa shape index (κ1) is 22.5. The standard InChI is InChI=1S/C25H27FN4O3/c1-5-32-20-11-9-17(10-12-20)22-21(16(4)30(14-15(2)3)25(31)27-22)24-28-23(29-33-24)18-7-6-8-19(26)13-18/h6-13,15,22H,5,14H2,1-4H3,(H,27,31). The number of rotatable bonds is 7. The summed E-state index contributed by atoms with van der Waals surface area (Å²) in [5, 5.41) is 7.15. The van der Waals surface area contributed by atoms with Crippen LogP contribution in [0.2, 0.25) is 0 Å². The Morgan fingerprint density at radius 1 is 1.21 bits per heavy atom. The number of benzene rings is 2. The predicted molar refractivity (Wildman–Crippen MR) is 123 cm³/mol. The number of carbonyl (C=O) groups is 1. The maximum absolute atomic E-state index is 13.7. The molecule has 4 rings (SSSR count). The number of ether oxygens (including phenoxy) is 1. The third kappa shape index (κ3) is 4.74. The van der Waals surface area contributed by atoms with E-state index in [9.17, 15) is 9.18 Å². The van der Waals surface area contributed by atoms with Crippen molar-refractivity contribution in [3.63, 3.8) is 0 Å². The van der Waals surface area contributed by atoms with Crippen LogP contribution in [0.3, 0.4) is 0 Å². The van der Waals surface area contributed by atoms with E-state index in [0.29, 0.717) is 24.3 Å². The average Bonchev–Trinajstić information content (AvgIpc) is 3.27. The smallest absolute Gasteiger partial charge is 0.322 e. The van der Waals surface area contributed by atoms with E-state index in [1.807, 2.05) is 52.0 Å². The molecule has 0 saturated heterocycles. The van der Waals surface area contributed by atoms with Crippen LogP contribution in [0.15, 0.2) is 58.8 Å². The van der Waals surface area contributed by atoms with Crippen molar-refractivity contribution in [2.45, 2.75) is 33.7 Å². The highest BCUT2D eigenvalue weighted by molar-refractivity contribution is 5.86. The summed E-state index contributed by atoms with van der Waals surface area (Å²) in [6, 6.07) is 12.9. The van der Waals surface area contributed by atoms with E-state index in [-0.39, 0.29) is 29.5 Å². The summed E-state index contributed by atoms with van der Waals surface area (Å²) in [4.78, 5) is 19.2. The average molecular weight is 451 g/mol. The Hall–Kier alpha value is -3.68. The second-order valence-corrected chi connectivity index (χ2v) is 8.32. The van der Waals surface area contributed by atoms with Crippen LogP contribution in [0.1, 0.15) is 45.2 Å². The molecule has 0 spiro atoms. The lowest BCUT2D eigenvalue weighted by molar-refractivity contribution is 0.199. The molecule has 3 aromatic rings. The lowest BCUT2D eigenvalue weighted by Gasteiger charge is -2.36. The van der Waals surface area contributed by atoms with Crippen molar-refractivity contribution >= 4 is 11.6 Å². The normalized spacial score (nSPS) is 16.4. The molecule has 172 valence electrons. The molecule has 1 unspecified atom stereocenters. The molecule has 2 heterocycles. The number of urea groups is 1. The molecule has 0 aliphatic carbocycles. The van der Waals surface area contributed by atoms with Gasteiger partial charge in [-0.1, -0.05) is 43.3 Å². The van der Waals surface area contributed by atoms with E-state index < -0.39 is 6.04 Å². The third-order valence-corrected chi connectivity index (χ3v) is 5.41. The molecular formula is C25H27FN4O3. The Morgan fingerprint density at radius 3 is 2.64 bits per heavy atom. The number of hydrogen-bond acceptors (Lipinski definition) is 5. The van der Waals surface area contributed by atoms with Crippen molar-refractivity contribution in [1.82, 2.24) is 20.4 Å². The van der Waals surface area contributed by atoms with E-state index in [4.69, 9.17) is 9.26 Å². The fourth-order valence-corrected chi connectivity index (χ4v) is 3.89. The van der Waals surface area contributed by atoms with Crippen LogP contribution in [-0.4, -0.2) is 34.2 Å². The van der Waals surface area contributed by atoms with Gasteiger partial charge >= 0.3 is 6.03 Å². The summed E-state index contributed by atoms with van der Waals surface area (Å²) in [5.74, 6) is 1.19. The summed E-state index contributed by atoms with van der Waals surface area (Å²) in [6.45, 7) is 9.01. The molecule has 2 amide bonds. The number of nitrogens with zero attached hydrogens (tertiary/aromatic N) is 3. The van der Waals surface area contributed by atoms with Gasteiger partial charge in [0.2, 0.25) is 5.82 Å². The minimum absolute atomic E-state index is 0.186. The van der Waals surface area contributed by atoms with Crippen molar-refractivity contribution in [3.8, 4) is 17.1 Å². The van der Waals surface area contributed by atoms with Gasteiger partial charge in [-0.15, -0.1) is 0 Å². The monoisotopic (exact) mass is 450 g/mol. The predicted octanol–water partition coefficient (Wildman–Crippen LogP) is 5.43. The second kappa shape index (κ2) is 9.44. The van der Waals surface area contributed by atoms with Crippen LogP contribution in [0, 0.1) is 11.7 Å². The SMILES string of the molecule is CCOc1ccc(C2NC(=O)N(CC(C)C)C(C)=C2c2nc(-c3cccc(F)c3)no2)cc1. The van der Waals surface area contributed by atoms with E-state index >= 15 is 0 Å². The molecular weight excluding hydrogens is 423 g/mol. The molecule has 1 aliphatic heterocycles. The molecule has 0 bridgehead atoms. The Bertz CT molecular complexity index is 1170. The van der Waals surface area contributed by atoms with Crippen LogP contribution in [0.5, 0.6) is 5.75 Å². The molecule has 7 nitrogen and oxygen atoms in total. The molecule has 1 aliphatic rings. The van der Waals surface area contributed by atoms with Gasteiger partial charge in [-0.2, -0.15) is 4.98 Å². The highest BCUT2D eigenvalue weighted by atomic mass is 19.1. The van der Waals surface area contributed by atoms with E-state index in [1.165, 1.54) is 12.1 Å². The van der Waals surface area contributed by atoms with E-state index in [1.54, 1.807) is 17.0 Å². The number of nitrogens with one attached hydrogen (secondary N) is 1. The lowest BCUT2D eigenvalue weighted by Crippen LogP contribution is -2.47. The van der Waals surface area contributed by atoms with Gasteiger partial charge in [0.05, 0.1) is 18.2 Å². The van der Waals surface area contributed by atoms with Gasteiger partial charge in [0, 0.05) is 17.8 Å². The zero-order valence-electron chi connectivity index (χ0n) is 19.1. The van der Waals surface area contributed by atoms with Gasteiger partial charge < -0.3 is 14.6 Å². The van der Waals surface area contributed by atoms with Crippen LogP contribution in [0.4, 0.5) is 9.18 Å². The zero-order chi connectivity index (χ0) is 23.5. The number of allylic oxidation sites excluding steroid dienone is 1. The number of amides is 2. The lowest BCUT2D eigenvalue weighted by atomic mass is 9.94. The highest BCUT2D eigenvalue weighted by Crippen LogP contribution is 2.38. The summed E-state index contributed by atoms with van der Waals surface area (Å²) in [7, 11) is 0. The van der Waals surface area contributed by atoms with Gasteiger partial charge in [-0.3, -0.25) is 4.90 Å².